The van der Waals surface area contributed by atoms with Gasteiger partial charge in [0.1, 0.15) is 18.1 Å². The summed E-state index contributed by atoms with van der Waals surface area (Å²) in [7, 11) is 3.00. The molecule has 0 aliphatic carbocycles. The summed E-state index contributed by atoms with van der Waals surface area (Å²) in [6.45, 7) is -0.724. The van der Waals surface area contributed by atoms with Gasteiger partial charge in [-0.3, -0.25) is 9.59 Å². The predicted molar refractivity (Wildman–Crippen MR) is 98.1 cm³/mol. The molecule has 0 saturated carbocycles. The lowest BCUT2D eigenvalue weighted by Gasteiger charge is -2.31. The summed E-state index contributed by atoms with van der Waals surface area (Å²) in [6.07, 6.45) is -3.43. The lowest BCUT2D eigenvalue weighted by molar-refractivity contribution is -0.173. The Morgan fingerprint density at radius 1 is 1.10 bits per heavy atom. The number of alkyl halides is 3. The Bertz CT molecular complexity index is 681. The highest BCUT2D eigenvalue weighted by molar-refractivity contribution is 5.95. The van der Waals surface area contributed by atoms with Gasteiger partial charge in [-0.1, -0.05) is 0 Å². The second-order valence-corrected chi connectivity index (χ2v) is 6.63. The van der Waals surface area contributed by atoms with Crippen molar-refractivity contribution in [3.8, 4) is 11.5 Å². The van der Waals surface area contributed by atoms with Gasteiger partial charge in [0, 0.05) is 37.2 Å². The molecule has 1 aromatic rings. The molecule has 1 aliphatic heterocycles. The quantitative estimate of drug-likeness (QED) is 0.656. The summed E-state index contributed by atoms with van der Waals surface area (Å²) in [4.78, 5) is 26.5. The molecule has 1 N–H and O–H groups in total. The van der Waals surface area contributed by atoms with Gasteiger partial charge >= 0.3 is 6.18 Å². The highest BCUT2D eigenvalue weighted by atomic mass is 19.4. The van der Waals surface area contributed by atoms with Crippen molar-refractivity contribution in [1.29, 1.82) is 0 Å². The summed E-state index contributed by atoms with van der Waals surface area (Å²) in [5.41, 5.74) is 0.436. The lowest BCUT2D eigenvalue weighted by atomic mass is 9.95. The molecule has 7 nitrogen and oxygen atoms in total. The Hall–Kier alpha value is -2.49. The maximum Gasteiger partial charge on any atom is 0.411 e. The van der Waals surface area contributed by atoms with E-state index in [1.165, 1.54) is 14.2 Å². The lowest BCUT2D eigenvalue weighted by Crippen LogP contribution is -2.43. The second kappa shape index (κ2) is 10.3. The third kappa shape index (κ3) is 7.12. The summed E-state index contributed by atoms with van der Waals surface area (Å²) < 4.78 is 50.8. The monoisotopic (exact) mass is 418 g/mol. The summed E-state index contributed by atoms with van der Waals surface area (Å²) in [5.74, 6) is 0.309. The number of rotatable bonds is 8. The number of nitrogens with one attached hydrogen (secondary N) is 1. The van der Waals surface area contributed by atoms with E-state index in [-0.39, 0.29) is 30.9 Å². The van der Waals surface area contributed by atoms with Gasteiger partial charge in [0.2, 0.25) is 5.91 Å². The number of amides is 2. The maximum absolute atomic E-state index is 12.7. The number of carbonyl (C=O) groups is 2. The molecule has 1 aliphatic rings. The van der Waals surface area contributed by atoms with E-state index in [1.54, 1.807) is 23.1 Å². The summed E-state index contributed by atoms with van der Waals surface area (Å²) in [6, 6.07) is 4.93. The maximum atomic E-state index is 12.7. The van der Waals surface area contributed by atoms with Crippen molar-refractivity contribution in [1.82, 2.24) is 10.2 Å². The van der Waals surface area contributed by atoms with E-state index in [0.717, 1.165) is 0 Å². The highest BCUT2D eigenvalue weighted by Crippen LogP contribution is 2.25. The van der Waals surface area contributed by atoms with Crippen LogP contribution < -0.4 is 14.8 Å². The zero-order valence-corrected chi connectivity index (χ0v) is 16.4. The first kappa shape index (κ1) is 22.8. The average molecular weight is 418 g/mol. The van der Waals surface area contributed by atoms with Crippen LogP contribution in [-0.2, 0) is 9.53 Å². The third-order valence-electron chi connectivity index (χ3n) is 4.56. The first-order valence-corrected chi connectivity index (χ1v) is 9.18. The molecule has 0 spiro atoms. The van der Waals surface area contributed by atoms with Crippen molar-refractivity contribution in [3.63, 3.8) is 0 Å². The van der Waals surface area contributed by atoms with Crippen LogP contribution in [0.5, 0.6) is 11.5 Å². The molecule has 2 amide bonds. The molecular weight excluding hydrogens is 393 g/mol. The zero-order valence-electron chi connectivity index (χ0n) is 16.4. The van der Waals surface area contributed by atoms with E-state index in [4.69, 9.17) is 9.47 Å². The fraction of sp³-hybridized carbons (Fsp3) is 0.579. The number of methoxy groups -OCH3 is 2. The topological polar surface area (TPSA) is 77.1 Å². The van der Waals surface area contributed by atoms with Crippen molar-refractivity contribution in [2.24, 2.45) is 5.92 Å². The average Bonchev–Trinajstić information content (AvgIpc) is 2.71. The standard InChI is InChI=1S/C19H25F3N2O5/c1-27-15-9-14(10-16(11-15)28-2)18(26)24-6-3-13(4-7-24)17(25)23-5-8-29-12-19(20,21)22/h9-11,13H,3-8,12H2,1-2H3,(H,23,25). The zero-order chi connectivity index (χ0) is 21.4. The molecule has 1 heterocycles. The van der Waals surface area contributed by atoms with Crippen LogP contribution in [0.4, 0.5) is 13.2 Å². The Kier molecular flexibility index (Phi) is 8.12. The molecule has 0 bridgehead atoms. The van der Waals surface area contributed by atoms with Gasteiger partial charge in [-0.15, -0.1) is 0 Å². The fourth-order valence-electron chi connectivity index (χ4n) is 3.04. The molecule has 1 aromatic carbocycles. The molecule has 29 heavy (non-hydrogen) atoms. The second-order valence-electron chi connectivity index (χ2n) is 6.63. The Balaban J connectivity index is 1.79. The molecular formula is C19H25F3N2O5. The van der Waals surface area contributed by atoms with Crippen LogP contribution in [0.3, 0.4) is 0 Å². The number of likely N-dealkylation sites (tertiary alicyclic amines) is 1. The number of hydrogen-bond donors (Lipinski definition) is 1. The molecule has 1 saturated heterocycles. The van der Waals surface area contributed by atoms with E-state index >= 15 is 0 Å². The predicted octanol–water partition coefficient (Wildman–Crippen LogP) is 2.25. The summed E-state index contributed by atoms with van der Waals surface area (Å²) in [5, 5.41) is 2.58. The van der Waals surface area contributed by atoms with Gasteiger partial charge in [0.15, 0.2) is 0 Å². The van der Waals surface area contributed by atoms with Gasteiger partial charge in [-0.2, -0.15) is 13.2 Å². The molecule has 0 unspecified atom stereocenters. The first-order valence-electron chi connectivity index (χ1n) is 9.18. The van der Waals surface area contributed by atoms with Crippen LogP contribution in [0, 0.1) is 5.92 Å². The van der Waals surface area contributed by atoms with Crippen molar-refractivity contribution < 1.29 is 37.0 Å². The van der Waals surface area contributed by atoms with E-state index < -0.39 is 12.8 Å². The minimum Gasteiger partial charge on any atom is -0.497 e. The number of hydrogen-bond acceptors (Lipinski definition) is 5. The number of piperidine rings is 1. The van der Waals surface area contributed by atoms with Gasteiger partial charge in [0.05, 0.1) is 20.8 Å². The number of nitrogens with zero attached hydrogens (tertiary/aromatic N) is 1. The number of carbonyl (C=O) groups excluding carboxylic acids is 2. The highest BCUT2D eigenvalue weighted by Gasteiger charge is 2.29. The van der Waals surface area contributed by atoms with E-state index in [9.17, 15) is 22.8 Å². The van der Waals surface area contributed by atoms with Crippen molar-refractivity contribution in [2.45, 2.75) is 19.0 Å². The van der Waals surface area contributed by atoms with Crippen LogP contribution in [0.25, 0.3) is 0 Å². The van der Waals surface area contributed by atoms with E-state index in [0.29, 0.717) is 43.0 Å². The molecule has 10 heteroatoms. The Morgan fingerprint density at radius 3 is 2.21 bits per heavy atom. The van der Waals surface area contributed by atoms with Crippen molar-refractivity contribution in [2.75, 3.05) is 47.1 Å². The van der Waals surface area contributed by atoms with Gasteiger partial charge in [-0.05, 0) is 25.0 Å². The Morgan fingerprint density at radius 2 is 1.69 bits per heavy atom. The molecule has 162 valence electrons. The molecule has 2 rings (SSSR count). The van der Waals surface area contributed by atoms with Crippen LogP contribution in [0.1, 0.15) is 23.2 Å². The van der Waals surface area contributed by atoms with Crippen molar-refractivity contribution in [3.05, 3.63) is 23.8 Å². The minimum absolute atomic E-state index is 0.0116. The first-order chi connectivity index (χ1) is 13.7. The van der Waals surface area contributed by atoms with Gasteiger partial charge in [0.25, 0.3) is 5.91 Å². The fourth-order valence-corrected chi connectivity index (χ4v) is 3.04. The SMILES string of the molecule is COc1cc(OC)cc(C(=O)N2CCC(C(=O)NCCOCC(F)(F)F)CC2)c1. The number of ether oxygens (including phenoxy) is 3. The van der Waals surface area contributed by atoms with E-state index in [2.05, 4.69) is 10.1 Å². The molecule has 0 radical (unpaired) electrons. The number of benzene rings is 1. The molecule has 0 atom stereocenters. The largest absolute Gasteiger partial charge is 0.497 e. The van der Waals surface area contributed by atoms with E-state index in [1.807, 2.05) is 0 Å². The van der Waals surface area contributed by atoms with Crippen LogP contribution in [-0.4, -0.2) is 70.0 Å². The molecule has 0 aromatic heterocycles. The van der Waals surface area contributed by atoms with Crippen molar-refractivity contribution >= 4 is 11.8 Å². The van der Waals surface area contributed by atoms with Gasteiger partial charge in [-0.25, -0.2) is 0 Å². The Labute approximate surface area is 167 Å². The smallest absolute Gasteiger partial charge is 0.411 e. The normalized spacial score (nSPS) is 15.1. The third-order valence-corrected chi connectivity index (χ3v) is 4.56. The minimum atomic E-state index is -4.38. The van der Waals surface area contributed by atoms with Crippen LogP contribution in [0.15, 0.2) is 18.2 Å². The molecule has 1 fully saturated rings. The van der Waals surface area contributed by atoms with Crippen LogP contribution in [0.2, 0.25) is 0 Å². The van der Waals surface area contributed by atoms with Gasteiger partial charge < -0.3 is 24.4 Å². The summed E-state index contributed by atoms with van der Waals surface area (Å²) >= 11 is 0. The van der Waals surface area contributed by atoms with Crippen LogP contribution >= 0.6 is 0 Å². The number of halogens is 3.